The molecule has 0 radical (unpaired) electrons. The van der Waals surface area contributed by atoms with Gasteiger partial charge in [-0.25, -0.2) is 4.39 Å². The molecule has 2 fully saturated rings. The Hall–Kier alpha value is -2.03. The summed E-state index contributed by atoms with van der Waals surface area (Å²) in [6.45, 7) is 1.27. The summed E-state index contributed by atoms with van der Waals surface area (Å²) < 4.78 is 61.1. The highest BCUT2D eigenvalue weighted by Gasteiger charge is 2.40. The Morgan fingerprint density at radius 2 is 2.00 bits per heavy atom. The van der Waals surface area contributed by atoms with E-state index in [2.05, 4.69) is 4.74 Å². The Morgan fingerprint density at radius 1 is 1.30 bits per heavy atom. The Morgan fingerprint density at radius 3 is 2.56 bits per heavy atom. The van der Waals surface area contributed by atoms with Gasteiger partial charge in [-0.1, -0.05) is 0 Å². The van der Waals surface area contributed by atoms with Crippen LogP contribution in [0.3, 0.4) is 0 Å². The van der Waals surface area contributed by atoms with E-state index < -0.39 is 23.9 Å². The number of aliphatic carboxylic acids is 1. The molecule has 150 valence electrons. The summed E-state index contributed by atoms with van der Waals surface area (Å²) in [6, 6.07) is 2.98. The first-order valence-electron chi connectivity index (χ1n) is 8.82. The molecule has 9 heteroatoms. The molecule has 5 nitrogen and oxygen atoms in total. The number of rotatable bonds is 4. The Balaban J connectivity index is 1.61. The van der Waals surface area contributed by atoms with Crippen molar-refractivity contribution in [3.63, 3.8) is 0 Å². The molecule has 2 heterocycles. The smallest absolute Gasteiger partial charge is 0.481 e. The number of hydrogen-bond donors (Lipinski definition) is 1. The second kappa shape index (κ2) is 7.53. The number of alkyl halides is 3. The van der Waals surface area contributed by atoms with Gasteiger partial charge in [-0.2, -0.15) is 0 Å². The van der Waals surface area contributed by atoms with Crippen molar-refractivity contribution in [2.75, 3.05) is 24.6 Å². The highest BCUT2D eigenvalue weighted by atomic mass is 19.4. The monoisotopic (exact) mass is 391 g/mol. The van der Waals surface area contributed by atoms with Crippen LogP contribution < -0.4 is 9.64 Å². The maximum atomic E-state index is 14.1. The molecular formula is C18H21F4NO4. The zero-order valence-electron chi connectivity index (χ0n) is 14.6. The van der Waals surface area contributed by atoms with E-state index in [1.165, 1.54) is 0 Å². The molecule has 2 saturated heterocycles. The molecule has 1 aromatic carbocycles. The fraction of sp³-hybridized carbons (Fsp3) is 0.611. The zero-order chi connectivity index (χ0) is 19.7. The van der Waals surface area contributed by atoms with Gasteiger partial charge in [0.2, 0.25) is 0 Å². The third kappa shape index (κ3) is 5.03. The lowest BCUT2D eigenvalue weighted by Gasteiger charge is -2.46. The summed E-state index contributed by atoms with van der Waals surface area (Å²) in [5, 5.41) is 8.87. The fourth-order valence-electron chi connectivity index (χ4n) is 3.81. The van der Waals surface area contributed by atoms with Gasteiger partial charge in [0.1, 0.15) is 11.6 Å². The summed E-state index contributed by atoms with van der Waals surface area (Å²) in [5.74, 6) is -1.90. The number of anilines is 1. The topological polar surface area (TPSA) is 59.0 Å². The molecule has 0 aromatic heterocycles. The Bertz CT molecular complexity index is 676. The van der Waals surface area contributed by atoms with Crippen molar-refractivity contribution in [3.05, 3.63) is 24.0 Å². The van der Waals surface area contributed by atoms with Crippen LogP contribution in [0.15, 0.2) is 18.2 Å². The molecule has 0 aliphatic carbocycles. The number of carboxylic acids is 1. The number of benzene rings is 1. The number of carboxylic acid groups (broad SMARTS) is 1. The van der Waals surface area contributed by atoms with Crippen molar-refractivity contribution in [2.24, 2.45) is 5.92 Å². The highest BCUT2D eigenvalue weighted by Crippen LogP contribution is 2.39. The average Bonchev–Trinajstić information content (AvgIpc) is 2.58. The van der Waals surface area contributed by atoms with E-state index in [1.54, 1.807) is 4.90 Å². The molecule has 0 saturated carbocycles. The van der Waals surface area contributed by atoms with E-state index in [4.69, 9.17) is 9.84 Å². The second-order valence-electron chi connectivity index (χ2n) is 7.14. The van der Waals surface area contributed by atoms with Crippen LogP contribution in [-0.4, -0.2) is 42.7 Å². The van der Waals surface area contributed by atoms with Crippen LogP contribution >= 0.6 is 0 Å². The van der Waals surface area contributed by atoms with E-state index in [0.29, 0.717) is 32.5 Å². The standard InChI is InChI=1S/C18H21F4NO4/c19-14-2-1-13(27-18(20,21)22)10-15(14)23-7-5-17(6-8-23)4-3-12(11-26-17)9-16(24)25/h1-2,10,12H,3-9,11H2,(H,24,25). The van der Waals surface area contributed by atoms with Crippen LogP contribution in [0.25, 0.3) is 0 Å². The van der Waals surface area contributed by atoms with Gasteiger partial charge in [-0.3, -0.25) is 4.79 Å². The molecule has 3 rings (SSSR count). The van der Waals surface area contributed by atoms with Crippen molar-refractivity contribution in [1.29, 1.82) is 0 Å². The number of nitrogens with zero attached hydrogens (tertiary/aromatic N) is 1. The van der Waals surface area contributed by atoms with Crippen molar-refractivity contribution in [1.82, 2.24) is 0 Å². The average molecular weight is 391 g/mol. The minimum atomic E-state index is -4.83. The molecule has 1 spiro atoms. The molecule has 1 unspecified atom stereocenters. The van der Waals surface area contributed by atoms with Crippen LogP contribution in [0.4, 0.5) is 23.2 Å². The van der Waals surface area contributed by atoms with E-state index in [-0.39, 0.29) is 23.6 Å². The van der Waals surface area contributed by atoms with E-state index >= 15 is 0 Å². The predicted octanol–water partition coefficient (Wildman–Crippen LogP) is 3.96. The lowest BCUT2D eigenvalue weighted by atomic mass is 9.81. The number of piperidine rings is 1. The Labute approximate surface area is 153 Å². The molecule has 0 amide bonds. The normalized spacial score (nSPS) is 22.7. The first-order valence-corrected chi connectivity index (χ1v) is 8.82. The van der Waals surface area contributed by atoms with E-state index in [9.17, 15) is 22.4 Å². The van der Waals surface area contributed by atoms with Gasteiger partial charge in [0.25, 0.3) is 0 Å². The van der Waals surface area contributed by atoms with Crippen LogP contribution in [0.1, 0.15) is 32.1 Å². The largest absolute Gasteiger partial charge is 0.573 e. The first kappa shape index (κ1) is 19.7. The minimum absolute atomic E-state index is 0.000187. The maximum absolute atomic E-state index is 14.1. The van der Waals surface area contributed by atoms with Crippen LogP contribution in [0, 0.1) is 11.7 Å². The van der Waals surface area contributed by atoms with Crippen LogP contribution in [0.5, 0.6) is 5.75 Å². The minimum Gasteiger partial charge on any atom is -0.481 e. The molecule has 2 aliphatic rings. The van der Waals surface area contributed by atoms with E-state index in [0.717, 1.165) is 31.0 Å². The van der Waals surface area contributed by atoms with Gasteiger partial charge in [0.15, 0.2) is 0 Å². The summed E-state index contributed by atoms with van der Waals surface area (Å²) in [6.07, 6.45) is -2.04. The first-order chi connectivity index (χ1) is 12.7. The van der Waals surface area contributed by atoms with Crippen LogP contribution in [0.2, 0.25) is 0 Å². The predicted molar refractivity (Wildman–Crippen MR) is 88.2 cm³/mol. The quantitative estimate of drug-likeness (QED) is 0.788. The SMILES string of the molecule is O=C(O)CC1CCC2(CCN(c3cc(OC(F)(F)F)ccc3F)CC2)OC1. The van der Waals surface area contributed by atoms with Gasteiger partial charge in [-0.15, -0.1) is 13.2 Å². The number of ether oxygens (including phenoxy) is 2. The lowest BCUT2D eigenvalue weighted by Crippen LogP contribution is -2.49. The third-order valence-corrected chi connectivity index (χ3v) is 5.26. The van der Waals surface area contributed by atoms with Gasteiger partial charge < -0.3 is 19.5 Å². The second-order valence-corrected chi connectivity index (χ2v) is 7.14. The van der Waals surface area contributed by atoms with Crippen molar-refractivity contribution in [2.45, 2.75) is 44.1 Å². The summed E-state index contributed by atoms with van der Waals surface area (Å²) in [7, 11) is 0. The highest BCUT2D eigenvalue weighted by molar-refractivity contribution is 5.67. The number of halogens is 4. The van der Waals surface area contributed by atoms with Gasteiger partial charge in [-0.05, 0) is 43.7 Å². The molecule has 27 heavy (non-hydrogen) atoms. The van der Waals surface area contributed by atoms with Crippen molar-refractivity contribution < 1.29 is 36.9 Å². The van der Waals surface area contributed by atoms with Crippen molar-refractivity contribution >= 4 is 11.7 Å². The van der Waals surface area contributed by atoms with Gasteiger partial charge in [0, 0.05) is 19.2 Å². The molecule has 1 atom stereocenters. The third-order valence-electron chi connectivity index (χ3n) is 5.26. The molecule has 1 N–H and O–H groups in total. The van der Waals surface area contributed by atoms with Crippen LogP contribution in [-0.2, 0) is 9.53 Å². The molecule has 2 aliphatic heterocycles. The molecule has 1 aromatic rings. The number of carbonyl (C=O) groups is 1. The fourth-order valence-corrected chi connectivity index (χ4v) is 3.81. The van der Waals surface area contributed by atoms with Crippen molar-refractivity contribution in [3.8, 4) is 5.75 Å². The zero-order valence-corrected chi connectivity index (χ0v) is 14.6. The lowest BCUT2D eigenvalue weighted by molar-refractivity contribution is -0.274. The maximum Gasteiger partial charge on any atom is 0.573 e. The van der Waals surface area contributed by atoms with Gasteiger partial charge >= 0.3 is 12.3 Å². The van der Waals surface area contributed by atoms with E-state index in [1.807, 2.05) is 0 Å². The molecule has 0 bridgehead atoms. The molecular weight excluding hydrogens is 370 g/mol. The summed E-state index contributed by atoms with van der Waals surface area (Å²) >= 11 is 0. The Kier molecular flexibility index (Phi) is 5.50. The van der Waals surface area contributed by atoms with Gasteiger partial charge in [0.05, 0.1) is 24.3 Å². The summed E-state index contributed by atoms with van der Waals surface area (Å²) in [4.78, 5) is 12.5. The number of hydrogen-bond acceptors (Lipinski definition) is 4. The summed E-state index contributed by atoms with van der Waals surface area (Å²) in [5.41, 5.74) is -0.284.